The Morgan fingerprint density at radius 1 is 1.38 bits per heavy atom. The van der Waals surface area contributed by atoms with Crippen molar-refractivity contribution in [1.29, 1.82) is 0 Å². The van der Waals surface area contributed by atoms with Crippen LogP contribution in [0.1, 0.15) is 17.5 Å². The molecule has 2 nitrogen and oxygen atoms in total. The van der Waals surface area contributed by atoms with Crippen LogP contribution in [-0.2, 0) is 16.8 Å². The van der Waals surface area contributed by atoms with Gasteiger partial charge in [0.05, 0.1) is 0 Å². The number of benzene rings is 1. The van der Waals surface area contributed by atoms with Gasteiger partial charge in [-0.1, -0.05) is 6.07 Å². The molecular weight excluding hydrogens is 221 g/mol. The quantitative estimate of drug-likeness (QED) is 0.806. The van der Waals surface area contributed by atoms with E-state index in [1.165, 1.54) is 18.2 Å². The summed E-state index contributed by atoms with van der Waals surface area (Å²) in [4.78, 5) is 0. The summed E-state index contributed by atoms with van der Waals surface area (Å²) in [5.74, 6) is -0.0205. The fraction of sp³-hybridized carbons (Fsp3) is 0.455. The van der Waals surface area contributed by atoms with E-state index >= 15 is 0 Å². The first-order valence-corrected chi connectivity index (χ1v) is 4.85. The van der Waals surface area contributed by atoms with Gasteiger partial charge in [0, 0.05) is 7.11 Å². The molecule has 0 amide bonds. The number of aryl methyl sites for hydroxylation is 1. The molecule has 0 aromatic heterocycles. The number of ether oxygens (including phenoxy) is 1. The Kier molecular flexibility index (Phi) is 2.38. The van der Waals surface area contributed by atoms with Crippen molar-refractivity contribution in [1.82, 2.24) is 0 Å². The van der Waals surface area contributed by atoms with E-state index < -0.39 is 11.8 Å². The number of halogens is 3. The Morgan fingerprint density at radius 3 is 2.62 bits per heavy atom. The SMILES string of the molecule is COC1(C(F)(F)F)CCc2cc(O)ccc21. The highest BCUT2D eigenvalue weighted by Crippen LogP contribution is 2.50. The molecule has 1 aromatic rings. The van der Waals surface area contributed by atoms with Gasteiger partial charge in [-0.2, -0.15) is 13.2 Å². The van der Waals surface area contributed by atoms with Crippen LogP contribution in [0.25, 0.3) is 0 Å². The van der Waals surface area contributed by atoms with Crippen LogP contribution in [0, 0.1) is 0 Å². The minimum Gasteiger partial charge on any atom is -0.508 e. The van der Waals surface area contributed by atoms with Gasteiger partial charge in [-0.25, -0.2) is 0 Å². The highest BCUT2D eigenvalue weighted by Gasteiger charge is 2.59. The number of rotatable bonds is 1. The number of fused-ring (bicyclic) bond motifs is 1. The Balaban J connectivity index is 2.56. The van der Waals surface area contributed by atoms with Crippen molar-refractivity contribution in [2.24, 2.45) is 0 Å². The number of hydrogen-bond acceptors (Lipinski definition) is 2. The Hall–Kier alpha value is -1.23. The topological polar surface area (TPSA) is 29.5 Å². The predicted molar refractivity (Wildman–Crippen MR) is 51.2 cm³/mol. The lowest BCUT2D eigenvalue weighted by Crippen LogP contribution is -2.42. The summed E-state index contributed by atoms with van der Waals surface area (Å²) in [6.07, 6.45) is -4.31. The molecule has 5 heteroatoms. The van der Waals surface area contributed by atoms with Crippen LogP contribution in [0.15, 0.2) is 18.2 Å². The minimum atomic E-state index is -4.44. The average molecular weight is 232 g/mol. The maximum atomic E-state index is 13.0. The summed E-state index contributed by atoms with van der Waals surface area (Å²) < 4.78 is 43.7. The molecule has 1 unspecified atom stereocenters. The summed E-state index contributed by atoms with van der Waals surface area (Å²) in [7, 11) is 1.06. The van der Waals surface area contributed by atoms with Gasteiger partial charge in [-0.3, -0.25) is 0 Å². The monoisotopic (exact) mass is 232 g/mol. The van der Waals surface area contributed by atoms with Crippen molar-refractivity contribution >= 4 is 0 Å². The van der Waals surface area contributed by atoms with E-state index in [2.05, 4.69) is 0 Å². The molecule has 1 aliphatic rings. The van der Waals surface area contributed by atoms with Crippen LogP contribution in [-0.4, -0.2) is 18.4 Å². The fourth-order valence-corrected chi connectivity index (χ4v) is 2.25. The van der Waals surface area contributed by atoms with Crippen LogP contribution in [0.3, 0.4) is 0 Å². The molecular formula is C11H11F3O2. The van der Waals surface area contributed by atoms with Crippen LogP contribution >= 0.6 is 0 Å². The number of phenols is 1. The lowest BCUT2D eigenvalue weighted by Gasteiger charge is -2.31. The maximum Gasteiger partial charge on any atom is 0.421 e. The zero-order valence-electron chi connectivity index (χ0n) is 8.64. The molecule has 0 bridgehead atoms. The largest absolute Gasteiger partial charge is 0.508 e. The zero-order chi connectivity index (χ0) is 12.0. The fourth-order valence-electron chi connectivity index (χ4n) is 2.25. The van der Waals surface area contributed by atoms with E-state index in [4.69, 9.17) is 4.74 Å². The van der Waals surface area contributed by atoms with Gasteiger partial charge in [0.25, 0.3) is 0 Å². The second-order valence-electron chi connectivity index (χ2n) is 3.87. The average Bonchev–Trinajstić information content (AvgIpc) is 2.55. The van der Waals surface area contributed by atoms with Crippen molar-refractivity contribution in [2.75, 3.05) is 7.11 Å². The molecule has 1 aromatic carbocycles. The van der Waals surface area contributed by atoms with Gasteiger partial charge in [0.2, 0.25) is 0 Å². The lowest BCUT2D eigenvalue weighted by atomic mass is 9.95. The lowest BCUT2D eigenvalue weighted by molar-refractivity contribution is -0.275. The first-order valence-electron chi connectivity index (χ1n) is 4.85. The van der Waals surface area contributed by atoms with Crippen molar-refractivity contribution in [3.8, 4) is 5.75 Å². The first kappa shape index (κ1) is 11.3. The normalized spacial score (nSPS) is 24.5. The number of aromatic hydroxyl groups is 1. The van der Waals surface area contributed by atoms with E-state index in [1.807, 2.05) is 0 Å². The third kappa shape index (κ3) is 1.38. The Bertz CT molecular complexity index is 414. The molecule has 0 saturated carbocycles. The third-order valence-electron chi connectivity index (χ3n) is 3.08. The number of phenolic OH excluding ortho intramolecular Hbond substituents is 1. The van der Waals surface area contributed by atoms with E-state index in [-0.39, 0.29) is 24.2 Å². The van der Waals surface area contributed by atoms with Crippen LogP contribution in [0.4, 0.5) is 13.2 Å². The first-order chi connectivity index (χ1) is 7.40. The second kappa shape index (κ2) is 3.38. The molecule has 2 rings (SSSR count). The highest BCUT2D eigenvalue weighted by atomic mass is 19.4. The second-order valence-corrected chi connectivity index (χ2v) is 3.87. The van der Waals surface area contributed by atoms with E-state index in [0.717, 1.165) is 7.11 Å². The van der Waals surface area contributed by atoms with Gasteiger partial charge in [-0.05, 0) is 36.1 Å². The molecule has 0 radical (unpaired) electrons. The van der Waals surface area contributed by atoms with Crippen LogP contribution < -0.4 is 0 Å². The summed E-state index contributed by atoms with van der Waals surface area (Å²) in [6.45, 7) is 0. The van der Waals surface area contributed by atoms with Crippen LogP contribution in [0.2, 0.25) is 0 Å². The molecule has 0 aliphatic heterocycles. The summed E-state index contributed by atoms with van der Waals surface area (Å²) in [6, 6.07) is 3.90. The Morgan fingerprint density at radius 2 is 2.06 bits per heavy atom. The molecule has 0 fully saturated rings. The van der Waals surface area contributed by atoms with E-state index in [0.29, 0.717) is 5.56 Å². The number of alkyl halides is 3. The molecule has 16 heavy (non-hydrogen) atoms. The summed E-state index contributed by atoms with van der Waals surface area (Å²) in [5.41, 5.74) is -1.60. The van der Waals surface area contributed by atoms with Crippen molar-refractivity contribution in [3.63, 3.8) is 0 Å². The number of methoxy groups -OCH3 is 1. The maximum absolute atomic E-state index is 13.0. The molecule has 1 aliphatic carbocycles. The summed E-state index contributed by atoms with van der Waals surface area (Å²) >= 11 is 0. The third-order valence-corrected chi connectivity index (χ3v) is 3.08. The van der Waals surface area contributed by atoms with E-state index in [9.17, 15) is 18.3 Å². The van der Waals surface area contributed by atoms with Gasteiger partial charge in [0.15, 0.2) is 5.60 Å². The number of hydrogen-bond donors (Lipinski definition) is 1. The molecule has 0 saturated heterocycles. The molecule has 1 N–H and O–H groups in total. The molecule has 0 spiro atoms. The van der Waals surface area contributed by atoms with Crippen molar-refractivity contribution in [3.05, 3.63) is 29.3 Å². The summed E-state index contributed by atoms with van der Waals surface area (Å²) in [5, 5.41) is 9.22. The van der Waals surface area contributed by atoms with Gasteiger partial charge >= 0.3 is 6.18 Å². The van der Waals surface area contributed by atoms with Gasteiger partial charge in [0.1, 0.15) is 5.75 Å². The standard InChI is InChI=1S/C11H11F3O2/c1-16-10(11(12,13)14)5-4-7-6-8(15)2-3-9(7)10/h2-3,6,15H,4-5H2,1H3. The predicted octanol–water partition coefficient (Wildman–Crippen LogP) is 2.74. The Labute approximate surface area is 90.7 Å². The zero-order valence-corrected chi connectivity index (χ0v) is 8.64. The van der Waals surface area contributed by atoms with E-state index in [1.54, 1.807) is 0 Å². The molecule has 0 heterocycles. The molecule has 1 atom stereocenters. The smallest absolute Gasteiger partial charge is 0.421 e. The molecule has 88 valence electrons. The minimum absolute atomic E-state index is 0.0205. The van der Waals surface area contributed by atoms with Crippen molar-refractivity contribution in [2.45, 2.75) is 24.6 Å². The van der Waals surface area contributed by atoms with Gasteiger partial charge < -0.3 is 9.84 Å². The highest BCUT2D eigenvalue weighted by molar-refractivity contribution is 5.43. The van der Waals surface area contributed by atoms with Crippen LogP contribution in [0.5, 0.6) is 5.75 Å². The van der Waals surface area contributed by atoms with Crippen molar-refractivity contribution < 1.29 is 23.0 Å². The van der Waals surface area contributed by atoms with Gasteiger partial charge in [-0.15, -0.1) is 0 Å².